The monoisotopic (exact) mass is 384 g/mol. The van der Waals surface area contributed by atoms with E-state index in [4.69, 9.17) is 4.74 Å². The largest absolute Gasteiger partial charge is 0.370 e. The summed E-state index contributed by atoms with van der Waals surface area (Å²) in [6.07, 6.45) is 18.2. The molecule has 0 N–H and O–H groups in total. The maximum Gasteiger partial charge on any atom is 0.0847 e. The molecule has 5 rings (SSSR count). The second kappa shape index (κ2) is 6.86. The topological polar surface area (TPSA) is 12.5 Å². The number of allylic oxidation sites excluding steroid dienone is 2. The quantitative estimate of drug-likeness (QED) is 0.355. The maximum absolute atomic E-state index is 6.00. The standard InChI is InChI=1S/C27H44O/c1-17(2)7-6-8-18(3)21-11-12-22-20-10-9-19-15-24-25(28-24)16-27(19,5)23(20)13-14-26(21,22)4/h10,17-19,21-25H,6-9,11-16H2,1-5H3/t18-,19+,21-,22+,23+,24?,25?,26-,27+/m1/s1. The van der Waals surface area contributed by atoms with Gasteiger partial charge in [-0.3, -0.25) is 0 Å². The maximum atomic E-state index is 6.00. The average Bonchev–Trinajstić information content (AvgIpc) is 3.27. The third kappa shape index (κ3) is 2.97. The fourth-order valence-electron chi connectivity index (χ4n) is 8.80. The molecular weight excluding hydrogens is 340 g/mol. The van der Waals surface area contributed by atoms with Crippen LogP contribution in [0.2, 0.25) is 0 Å². The molecule has 28 heavy (non-hydrogen) atoms. The molecule has 0 amide bonds. The second-order valence-corrected chi connectivity index (χ2v) is 12.4. The Kier molecular flexibility index (Phi) is 4.81. The molecule has 9 atom stereocenters. The molecule has 0 bridgehead atoms. The number of epoxide rings is 1. The minimum atomic E-state index is 0.532. The molecule has 2 unspecified atom stereocenters. The van der Waals surface area contributed by atoms with Crippen LogP contribution in [0.5, 0.6) is 0 Å². The van der Waals surface area contributed by atoms with Gasteiger partial charge in [0.05, 0.1) is 12.2 Å². The van der Waals surface area contributed by atoms with Gasteiger partial charge in [0.2, 0.25) is 0 Å². The summed E-state index contributed by atoms with van der Waals surface area (Å²) in [5.74, 6) is 5.37. The smallest absolute Gasteiger partial charge is 0.0847 e. The molecule has 1 aliphatic heterocycles. The summed E-state index contributed by atoms with van der Waals surface area (Å²) >= 11 is 0. The molecule has 0 aromatic carbocycles. The molecule has 1 heteroatoms. The molecule has 0 spiro atoms. The summed E-state index contributed by atoms with van der Waals surface area (Å²) in [4.78, 5) is 0. The van der Waals surface area contributed by atoms with Crippen LogP contribution >= 0.6 is 0 Å². The highest BCUT2D eigenvalue weighted by Gasteiger charge is 2.61. The third-order valence-electron chi connectivity index (χ3n) is 10.5. The van der Waals surface area contributed by atoms with Gasteiger partial charge in [0, 0.05) is 0 Å². The molecule has 1 heterocycles. The molecule has 0 radical (unpaired) electrons. The molecule has 158 valence electrons. The molecule has 1 saturated heterocycles. The zero-order valence-corrected chi connectivity index (χ0v) is 19.2. The van der Waals surface area contributed by atoms with Crippen LogP contribution in [0.25, 0.3) is 0 Å². The van der Waals surface area contributed by atoms with Gasteiger partial charge in [0.1, 0.15) is 0 Å². The van der Waals surface area contributed by atoms with Gasteiger partial charge in [0.15, 0.2) is 0 Å². The molecule has 0 aromatic rings. The van der Waals surface area contributed by atoms with Crippen LogP contribution in [0.4, 0.5) is 0 Å². The van der Waals surface area contributed by atoms with Crippen molar-refractivity contribution in [3.63, 3.8) is 0 Å². The van der Waals surface area contributed by atoms with Gasteiger partial charge >= 0.3 is 0 Å². The van der Waals surface area contributed by atoms with E-state index in [-0.39, 0.29) is 0 Å². The van der Waals surface area contributed by atoms with Crippen LogP contribution in [-0.4, -0.2) is 12.2 Å². The third-order valence-corrected chi connectivity index (χ3v) is 10.5. The number of rotatable bonds is 5. The van der Waals surface area contributed by atoms with E-state index in [1.807, 2.05) is 5.57 Å². The van der Waals surface area contributed by atoms with E-state index in [0.29, 0.717) is 23.0 Å². The molecule has 4 fully saturated rings. The second-order valence-electron chi connectivity index (χ2n) is 12.4. The van der Waals surface area contributed by atoms with Crippen molar-refractivity contribution in [3.05, 3.63) is 11.6 Å². The Bertz CT molecular complexity index is 634. The van der Waals surface area contributed by atoms with E-state index in [1.165, 1.54) is 64.2 Å². The molecule has 5 aliphatic rings. The highest BCUT2D eigenvalue weighted by molar-refractivity contribution is 5.28. The summed E-state index contributed by atoms with van der Waals surface area (Å²) in [6, 6.07) is 0. The number of fused-ring (bicyclic) bond motifs is 6. The number of hydrogen-bond donors (Lipinski definition) is 0. The normalized spacial score (nSPS) is 50.3. The first-order valence-electron chi connectivity index (χ1n) is 12.7. The highest BCUT2D eigenvalue weighted by atomic mass is 16.6. The van der Waals surface area contributed by atoms with Crippen molar-refractivity contribution in [2.75, 3.05) is 0 Å². The molecule has 4 aliphatic carbocycles. The van der Waals surface area contributed by atoms with Gasteiger partial charge in [-0.15, -0.1) is 0 Å². The van der Waals surface area contributed by atoms with E-state index in [1.54, 1.807) is 0 Å². The Morgan fingerprint density at radius 1 is 1.00 bits per heavy atom. The minimum Gasteiger partial charge on any atom is -0.370 e. The van der Waals surface area contributed by atoms with Crippen molar-refractivity contribution in [3.8, 4) is 0 Å². The van der Waals surface area contributed by atoms with Gasteiger partial charge in [-0.1, -0.05) is 65.5 Å². The van der Waals surface area contributed by atoms with Crippen LogP contribution in [0.1, 0.15) is 98.8 Å². The first-order chi connectivity index (χ1) is 13.3. The SMILES string of the molecule is CC(C)CCC[C@@H](C)[C@H]1CC[C@H]2C3=CC[C@H]4CC5OC5C[C@]4(C)[C@H]3CC[C@]12C. The summed E-state index contributed by atoms with van der Waals surface area (Å²) in [7, 11) is 0. The first-order valence-corrected chi connectivity index (χ1v) is 12.7. The van der Waals surface area contributed by atoms with E-state index in [0.717, 1.165) is 35.5 Å². The number of ether oxygens (including phenoxy) is 1. The van der Waals surface area contributed by atoms with Gasteiger partial charge in [-0.25, -0.2) is 0 Å². The van der Waals surface area contributed by atoms with Gasteiger partial charge < -0.3 is 4.74 Å². The van der Waals surface area contributed by atoms with Gasteiger partial charge in [-0.2, -0.15) is 0 Å². The lowest BCUT2D eigenvalue weighted by molar-refractivity contribution is -0.00172. The van der Waals surface area contributed by atoms with Crippen molar-refractivity contribution in [2.45, 2.75) is 111 Å². The average molecular weight is 385 g/mol. The fraction of sp³-hybridized carbons (Fsp3) is 0.926. The van der Waals surface area contributed by atoms with Crippen molar-refractivity contribution in [1.82, 2.24) is 0 Å². The Hall–Kier alpha value is -0.300. The number of hydrogen-bond acceptors (Lipinski definition) is 1. The van der Waals surface area contributed by atoms with Crippen LogP contribution in [0, 0.1) is 46.3 Å². The van der Waals surface area contributed by atoms with Gasteiger partial charge in [-0.05, 0) is 91.3 Å². The Morgan fingerprint density at radius 2 is 1.79 bits per heavy atom. The predicted molar refractivity (Wildman–Crippen MR) is 117 cm³/mol. The van der Waals surface area contributed by atoms with E-state index >= 15 is 0 Å². The van der Waals surface area contributed by atoms with Crippen LogP contribution < -0.4 is 0 Å². The van der Waals surface area contributed by atoms with Crippen LogP contribution in [0.3, 0.4) is 0 Å². The Morgan fingerprint density at radius 3 is 2.57 bits per heavy atom. The summed E-state index contributed by atoms with van der Waals surface area (Å²) in [5.41, 5.74) is 3.03. The molecule has 1 nitrogen and oxygen atoms in total. The Balaban J connectivity index is 1.33. The predicted octanol–water partition coefficient (Wildman–Crippen LogP) is 7.41. The highest BCUT2D eigenvalue weighted by Crippen LogP contribution is 2.68. The lowest BCUT2D eigenvalue weighted by Crippen LogP contribution is -2.49. The summed E-state index contributed by atoms with van der Waals surface area (Å²) in [6.45, 7) is 12.7. The zero-order valence-electron chi connectivity index (χ0n) is 19.2. The summed E-state index contributed by atoms with van der Waals surface area (Å²) < 4.78 is 6.00. The Labute approximate surface area is 174 Å². The lowest BCUT2D eigenvalue weighted by atomic mass is 9.48. The van der Waals surface area contributed by atoms with E-state index < -0.39 is 0 Å². The molecule has 3 saturated carbocycles. The van der Waals surface area contributed by atoms with Crippen molar-refractivity contribution in [2.24, 2.45) is 46.3 Å². The fourth-order valence-corrected chi connectivity index (χ4v) is 8.80. The van der Waals surface area contributed by atoms with Crippen LogP contribution in [0.15, 0.2) is 11.6 Å². The molecular formula is C27H44O. The zero-order chi connectivity index (χ0) is 19.7. The molecule has 0 aromatic heterocycles. The van der Waals surface area contributed by atoms with Crippen LogP contribution in [-0.2, 0) is 4.74 Å². The first kappa shape index (κ1) is 19.7. The summed E-state index contributed by atoms with van der Waals surface area (Å²) in [5, 5.41) is 0. The minimum absolute atomic E-state index is 0.532. The van der Waals surface area contributed by atoms with Crippen molar-refractivity contribution < 1.29 is 4.74 Å². The van der Waals surface area contributed by atoms with Crippen molar-refractivity contribution >= 4 is 0 Å². The van der Waals surface area contributed by atoms with Crippen molar-refractivity contribution in [1.29, 1.82) is 0 Å². The van der Waals surface area contributed by atoms with E-state index in [2.05, 4.69) is 40.7 Å². The lowest BCUT2D eigenvalue weighted by Gasteiger charge is -2.56. The van der Waals surface area contributed by atoms with Gasteiger partial charge in [0.25, 0.3) is 0 Å². The van der Waals surface area contributed by atoms with E-state index in [9.17, 15) is 0 Å².